The topological polar surface area (TPSA) is 402 Å². The summed E-state index contributed by atoms with van der Waals surface area (Å²) in [6.07, 6.45) is 33.2. The van der Waals surface area contributed by atoms with Crippen LogP contribution in [-0.2, 0) is 130 Å². The number of nitrogens with one attached hydrogen (secondary N) is 12. The fourth-order valence-electron chi connectivity index (χ4n) is 25.3. The molecule has 12 N–H and O–H groups in total. The van der Waals surface area contributed by atoms with Crippen LogP contribution in [0.1, 0.15) is 257 Å². The number of nitrogens with zero attached hydrogens (tertiary/aromatic N) is 11. The Morgan fingerprint density at radius 3 is 0.986 bits per heavy atom. The minimum atomic E-state index is -0.681. The van der Waals surface area contributed by atoms with E-state index in [4.69, 9.17) is 0 Å². The lowest BCUT2D eigenvalue weighted by atomic mass is 9.85. The Bertz CT molecular complexity index is 8230. The molecule has 28 rings (SSSR count). The molecule has 16 heterocycles. The predicted octanol–water partition coefficient (Wildman–Crippen LogP) is 17.7. The van der Waals surface area contributed by atoms with Gasteiger partial charge in [0.05, 0.1) is 128 Å². The highest BCUT2D eigenvalue weighted by molar-refractivity contribution is 6.18. The number of amides is 8. The number of aromatic amines is 10. The van der Waals surface area contributed by atoms with Crippen LogP contribution in [0.25, 0.3) is 111 Å². The van der Waals surface area contributed by atoms with E-state index in [2.05, 4.69) is 171 Å². The maximum absolute atomic E-state index is 13.4. The smallest absolute Gasteiger partial charge is 0.243 e. The van der Waals surface area contributed by atoms with Crippen LogP contribution in [0.2, 0.25) is 0 Å². The molecule has 758 valence electrons. The van der Waals surface area contributed by atoms with Crippen LogP contribution in [0.4, 0.5) is 28.4 Å². The summed E-state index contributed by atoms with van der Waals surface area (Å²) in [4.78, 5) is 133. The summed E-state index contributed by atoms with van der Waals surface area (Å²) in [5, 5.41) is 49.0. The Balaban J connectivity index is 0.0000000989. The number of rotatable bonds is 10. The normalized spacial score (nSPS) is 18.8. The molecule has 15 aromatic rings. The van der Waals surface area contributed by atoms with Crippen molar-refractivity contribution >= 4 is 130 Å². The van der Waals surface area contributed by atoms with Gasteiger partial charge in [0, 0.05) is 115 Å². The molecule has 2 saturated carbocycles. The van der Waals surface area contributed by atoms with Crippen LogP contribution in [0.5, 0.6) is 0 Å². The number of carbonyl (C=O) groups excluding carboxylic acids is 8. The van der Waals surface area contributed by atoms with E-state index in [1.807, 2.05) is 136 Å². The van der Waals surface area contributed by atoms with Crippen molar-refractivity contribution in [1.82, 2.24) is 91.4 Å². The number of H-pyrrole nitrogens is 10. The summed E-state index contributed by atoms with van der Waals surface area (Å²) in [7, 11) is 0. The average molecular weight is 1980 g/mol. The number of fused-ring (bicyclic) bond motifs is 30. The second-order valence-corrected chi connectivity index (χ2v) is 45.3. The Labute approximate surface area is 857 Å². The van der Waals surface area contributed by atoms with Crippen LogP contribution in [0, 0.1) is 23.7 Å². The molecule has 10 aromatic heterocycles. The molecule has 13 aliphatic rings. The van der Waals surface area contributed by atoms with E-state index in [0.717, 1.165) is 318 Å². The Hall–Kier alpha value is -15.3. The molecule has 8 amide bonds. The van der Waals surface area contributed by atoms with Crippen molar-refractivity contribution in [3.8, 4) is 80.6 Å². The second-order valence-electron chi connectivity index (χ2n) is 45.3. The molecule has 6 aliphatic heterocycles. The standard InChI is InChI=1S/3C24H27N5O2.C23H24N4O.C22H22N4O/c1-12(22(30)26-14-7-8-14)29-19-9-16-15-6-4-5-13-11-25-28-20(13)21(15)27-18(16)10-17(19)24(2,3)23(29)31;1-24(2)17-10-18-16(15-8-3-5-13-11-25-28-21(13)22(15)27-18)9-19(17)29(23(24)31)12-20(30)26-14-6-4-7-14;1-24(2)17-11-18-16(15-7-5-6-14-12-25-27-21(14)22(15)26-18)10-19(17)29(23(24)31)13-20(30)28-8-3-4-9-28;1-4-5-6-10-27-19-11-16-15-9-7-8-14-13-24-26-20(14)21(15)25-18(16)12-17(19)23(2,3)22(27)28;1-4-5-9-26-18-10-15-14-8-6-7-13-12-23-25-19(13)20(14)24-17(15)11-16(18)22(2,3)21(26)27/h9-12,14,27H,4-8H2,1-3H3,(H,25,28)(H,26,30);9-11,14,27H,3-8,12H2,1-2H3,(H,25,28)(H,26,30);10-12,26H,3-9,13H2,1-2H3,(H,25,27);11-13,25H,4,7-10H2,1-3H3,(H,24,26);10-12,24H,6-9H2,1-3H3,(H,23,25). The molecule has 31 nitrogen and oxygen atoms in total. The van der Waals surface area contributed by atoms with Crippen molar-refractivity contribution < 1.29 is 38.4 Å². The minimum absolute atomic E-state index is 0.00430. The van der Waals surface area contributed by atoms with Crippen LogP contribution < -0.4 is 35.1 Å². The number of aromatic nitrogens is 15. The molecule has 1 atom stereocenters. The molecule has 31 heteroatoms. The van der Waals surface area contributed by atoms with Gasteiger partial charge in [0.1, 0.15) is 19.1 Å². The highest BCUT2D eigenvalue weighted by atomic mass is 16.2. The highest BCUT2D eigenvalue weighted by Gasteiger charge is 2.52. The maximum Gasteiger partial charge on any atom is 0.243 e. The third-order valence-electron chi connectivity index (χ3n) is 34.1. The molecule has 0 radical (unpaired) electrons. The fourth-order valence-corrected chi connectivity index (χ4v) is 25.3. The number of hydrogen-bond donors (Lipinski definition) is 12. The zero-order valence-electron chi connectivity index (χ0n) is 86.6. The van der Waals surface area contributed by atoms with Crippen molar-refractivity contribution in [2.24, 2.45) is 0 Å². The van der Waals surface area contributed by atoms with Crippen molar-refractivity contribution in [2.45, 2.75) is 283 Å². The highest BCUT2D eigenvalue weighted by Crippen LogP contribution is 2.54. The molecule has 7 aliphatic carbocycles. The SMILES string of the molecule is CC#CCN1C(=O)C(C)(C)c2cc3[nH]c4c(c3cc21)CCCc1cn[nH]c1-4.CC(C(=O)NC1CC1)N1C(=O)C(C)(C)c2cc3[nH]c4c(c3cc21)CCCc1cn[nH]c1-4.CC1(C)C(=O)N(CC(=O)N2CCCC2)c2cc3c4c([nH]c3cc21)-c1[nH]ncc1CCC4.CC1(C)C(=O)N(CC(=O)NC2CCC2)c2cc3c4c([nH]c3cc21)-c1[nH]ncc1CCC4.CCC#CCN1C(=O)C(C)(C)c2cc3[nH]c4c(c3cc21)CCCc1cn[nH]c1-4. The Morgan fingerprint density at radius 1 is 0.358 bits per heavy atom. The third kappa shape index (κ3) is 15.4. The molecule has 0 spiro atoms. The monoisotopic (exact) mass is 1980 g/mol. The summed E-state index contributed by atoms with van der Waals surface area (Å²) < 4.78 is 0. The van der Waals surface area contributed by atoms with E-state index < -0.39 is 33.1 Å². The first-order valence-corrected chi connectivity index (χ1v) is 53.2. The zero-order chi connectivity index (χ0) is 102. The van der Waals surface area contributed by atoms with E-state index in [-0.39, 0.29) is 72.4 Å². The van der Waals surface area contributed by atoms with Gasteiger partial charge in [0.25, 0.3) is 0 Å². The van der Waals surface area contributed by atoms with Crippen molar-refractivity contribution in [2.75, 3.05) is 63.8 Å². The predicted molar refractivity (Wildman–Crippen MR) is 575 cm³/mol. The van der Waals surface area contributed by atoms with E-state index in [1.165, 1.54) is 66.4 Å². The van der Waals surface area contributed by atoms with Crippen molar-refractivity contribution in [3.63, 3.8) is 0 Å². The molecule has 148 heavy (non-hydrogen) atoms. The first kappa shape index (κ1) is 95.0. The number of hydrogen-bond acceptors (Lipinski definition) is 13. The van der Waals surface area contributed by atoms with Gasteiger partial charge in [-0.2, -0.15) is 25.5 Å². The average Bonchev–Trinajstić information content (AvgIpc) is 1.78. The van der Waals surface area contributed by atoms with E-state index in [9.17, 15) is 38.4 Å². The summed E-state index contributed by atoms with van der Waals surface area (Å²) in [5.74, 6) is 12.3. The van der Waals surface area contributed by atoms with Crippen LogP contribution in [0.15, 0.2) is 91.6 Å². The van der Waals surface area contributed by atoms with Crippen LogP contribution >= 0.6 is 0 Å². The van der Waals surface area contributed by atoms with Crippen LogP contribution in [0.3, 0.4) is 0 Å². The molecular weight excluding hydrogens is 1860 g/mol. The number of benzene rings is 5. The van der Waals surface area contributed by atoms with Gasteiger partial charge in [-0.05, 0) is 368 Å². The van der Waals surface area contributed by atoms with E-state index in [0.29, 0.717) is 13.1 Å². The van der Waals surface area contributed by atoms with Crippen molar-refractivity contribution in [1.29, 1.82) is 0 Å². The molecular formula is C117H127N23O8. The number of anilines is 5. The molecule has 1 saturated heterocycles. The largest absolute Gasteiger partial charge is 0.353 e. The Kier molecular flexibility index (Phi) is 23.0. The summed E-state index contributed by atoms with van der Waals surface area (Å²) >= 11 is 0. The molecule has 5 aromatic carbocycles. The lowest BCUT2D eigenvalue weighted by Crippen LogP contribution is -2.49. The minimum Gasteiger partial charge on any atom is -0.353 e. The first-order valence-electron chi connectivity index (χ1n) is 53.2. The van der Waals surface area contributed by atoms with Gasteiger partial charge in [-0.1, -0.05) is 18.8 Å². The van der Waals surface area contributed by atoms with Gasteiger partial charge in [-0.3, -0.25) is 78.5 Å². The lowest BCUT2D eigenvalue weighted by molar-refractivity contribution is -0.131. The number of aryl methyl sites for hydroxylation is 10. The van der Waals surface area contributed by atoms with Gasteiger partial charge >= 0.3 is 0 Å². The third-order valence-corrected chi connectivity index (χ3v) is 34.1. The van der Waals surface area contributed by atoms with Gasteiger partial charge in [0.15, 0.2) is 0 Å². The van der Waals surface area contributed by atoms with Gasteiger partial charge < -0.3 is 50.3 Å². The van der Waals surface area contributed by atoms with Crippen molar-refractivity contribution in [3.05, 3.63) is 175 Å². The number of likely N-dealkylation sites (tertiary alicyclic amines) is 1. The lowest BCUT2D eigenvalue weighted by Gasteiger charge is -2.28. The first-order chi connectivity index (χ1) is 71.3. The molecule has 0 bridgehead atoms. The zero-order valence-corrected chi connectivity index (χ0v) is 86.6. The number of carbonyl (C=O) groups is 8. The fraction of sp³-hybridized carbons (Fsp3) is 0.427. The van der Waals surface area contributed by atoms with Gasteiger partial charge in [-0.15, -0.1) is 11.8 Å². The molecule has 1 unspecified atom stereocenters. The van der Waals surface area contributed by atoms with E-state index in [1.54, 1.807) is 14.7 Å². The van der Waals surface area contributed by atoms with Gasteiger partial charge in [-0.25, -0.2) is 0 Å². The Morgan fingerprint density at radius 2 is 0.662 bits per heavy atom. The molecule has 3 fully saturated rings. The summed E-state index contributed by atoms with van der Waals surface area (Å²) in [6, 6.07) is 21.4. The van der Waals surface area contributed by atoms with Gasteiger partial charge in [0.2, 0.25) is 47.3 Å². The summed E-state index contributed by atoms with van der Waals surface area (Å²) in [6.45, 7) is 28.1. The maximum atomic E-state index is 13.4. The summed E-state index contributed by atoms with van der Waals surface area (Å²) in [5.41, 5.74) is 35.5. The van der Waals surface area contributed by atoms with Crippen LogP contribution in [-0.4, -0.2) is 185 Å². The second kappa shape index (κ2) is 35.8. The quantitative estimate of drug-likeness (QED) is 0.0567. The van der Waals surface area contributed by atoms with E-state index >= 15 is 0 Å².